The smallest absolute Gasteiger partial charge is 0.223 e. The maximum absolute atomic E-state index is 11.3. The van der Waals surface area contributed by atoms with Gasteiger partial charge in [0.05, 0.1) is 0 Å². The highest BCUT2D eigenvalue weighted by Gasteiger charge is 2.27. The molecule has 1 amide bonds. The van der Waals surface area contributed by atoms with E-state index in [2.05, 4.69) is 31.2 Å². The number of benzene rings is 1. The summed E-state index contributed by atoms with van der Waals surface area (Å²) in [6, 6.07) is 8.23. The van der Waals surface area contributed by atoms with Crippen LogP contribution in [0, 0.1) is 5.41 Å². The summed E-state index contributed by atoms with van der Waals surface area (Å²) in [7, 11) is 0. The number of aryl methyl sites for hydroxylation is 1. The topological polar surface area (TPSA) is 69.1 Å². The van der Waals surface area contributed by atoms with Crippen LogP contribution in [0.4, 0.5) is 0 Å². The maximum atomic E-state index is 11.3. The quantitative estimate of drug-likeness (QED) is 0.793. The zero-order valence-electron chi connectivity index (χ0n) is 12.3. The third-order valence-electron chi connectivity index (χ3n) is 3.62. The third kappa shape index (κ3) is 4.67. The Bertz CT molecular complexity index is 409. The van der Waals surface area contributed by atoms with Crippen LogP contribution in [0.1, 0.15) is 57.2 Å². The first kappa shape index (κ1) is 15.7. The third-order valence-corrected chi connectivity index (χ3v) is 3.62. The van der Waals surface area contributed by atoms with Gasteiger partial charge in [-0.25, -0.2) is 0 Å². The van der Waals surface area contributed by atoms with Crippen molar-refractivity contribution in [1.82, 2.24) is 0 Å². The molecule has 1 aromatic rings. The first-order valence-electron chi connectivity index (χ1n) is 7.01. The Hall–Kier alpha value is -1.35. The first-order chi connectivity index (χ1) is 8.86. The zero-order valence-corrected chi connectivity index (χ0v) is 12.3. The van der Waals surface area contributed by atoms with Gasteiger partial charge in [0, 0.05) is 11.5 Å². The second kappa shape index (κ2) is 6.71. The van der Waals surface area contributed by atoms with E-state index >= 15 is 0 Å². The molecule has 0 fully saturated rings. The summed E-state index contributed by atoms with van der Waals surface area (Å²) in [5.74, 6) is -0.303. The summed E-state index contributed by atoms with van der Waals surface area (Å²) in [5.41, 5.74) is 13.4. The molecule has 4 N–H and O–H groups in total. The second-order valence-electron chi connectivity index (χ2n) is 5.90. The summed E-state index contributed by atoms with van der Waals surface area (Å²) in [6.45, 7) is 5.87. The molecule has 3 nitrogen and oxygen atoms in total. The number of primary amides is 1. The largest absolute Gasteiger partial charge is 0.369 e. The Morgan fingerprint density at radius 2 is 1.84 bits per heavy atom. The molecule has 1 unspecified atom stereocenters. The highest BCUT2D eigenvalue weighted by molar-refractivity contribution is 5.79. The van der Waals surface area contributed by atoms with Gasteiger partial charge in [0.25, 0.3) is 0 Å². The Morgan fingerprint density at radius 1 is 1.26 bits per heavy atom. The molecule has 1 aromatic carbocycles. The molecule has 0 aliphatic heterocycles. The van der Waals surface area contributed by atoms with Gasteiger partial charge in [0.15, 0.2) is 0 Å². The van der Waals surface area contributed by atoms with Crippen LogP contribution in [-0.4, -0.2) is 5.91 Å². The SMILES string of the molecule is CCCCc1ccc(C(N)CC(C)(C)C(N)=O)cc1. The van der Waals surface area contributed by atoms with Crippen molar-refractivity contribution in [2.45, 2.75) is 52.5 Å². The minimum atomic E-state index is -0.569. The molecule has 0 aliphatic rings. The number of hydrogen-bond acceptors (Lipinski definition) is 2. The van der Waals surface area contributed by atoms with Crippen LogP contribution in [0.2, 0.25) is 0 Å². The van der Waals surface area contributed by atoms with E-state index < -0.39 is 5.41 Å². The molecule has 0 saturated heterocycles. The first-order valence-corrected chi connectivity index (χ1v) is 7.01. The molecule has 106 valence electrons. The molecule has 1 atom stereocenters. The van der Waals surface area contributed by atoms with E-state index in [-0.39, 0.29) is 11.9 Å². The highest BCUT2D eigenvalue weighted by atomic mass is 16.1. The van der Waals surface area contributed by atoms with Crippen molar-refractivity contribution >= 4 is 5.91 Å². The lowest BCUT2D eigenvalue weighted by atomic mass is 9.83. The Balaban J connectivity index is 2.67. The molecule has 3 heteroatoms. The molecule has 0 radical (unpaired) electrons. The summed E-state index contributed by atoms with van der Waals surface area (Å²) >= 11 is 0. The monoisotopic (exact) mass is 262 g/mol. The van der Waals surface area contributed by atoms with E-state index in [1.165, 1.54) is 18.4 Å². The Morgan fingerprint density at radius 3 is 2.32 bits per heavy atom. The van der Waals surface area contributed by atoms with Crippen LogP contribution in [0.5, 0.6) is 0 Å². The normalized spacial score (nSPS) is 13.3. The summed E-state index contributed by atoms with van der Waals surface area (Å²) in [5, 5.41) is 0. The van der Waals surface area contributed by atoms with Gasteiger partial charge in [-0.1, -0.05) is 51.5 Å². The van der Waals surface area contributed by atoms with Crippen LogP contribution in [0.25, 0.3) is 0 Å². The molecule has 1 rings (SSSR count). The van der Waals surface area contributed by atoms with Gasteiger partial charge in [-0.15, -0.1) is 0 Å². The van der Waals surface area contributed by atoms with Crippen molar-refractivity contribution < 1.29 is 4.79 Å². The molecule has 0 spiro atoms. The number of hydrogen-bond donors (Lipinski definition) is 2. The minimum Gasteiger partial charge on any atom is -0.369 e. The van der Waals surface area contributed by atoms with Crippen LogP contribution in [0.3, 0.4) is 0 Å². The molecule has 0 aromatic heterocycles. The zero-order chi connectivity index (χ0) is 14.5. The van der Waals surface area contributed by atoms with E-state index in [0.717, 1.165) is 12.0 Å². The van der Waals surface area contributed by atoms with Crippen molar-refractivity contribution in [3.8, 4) is 0 Å². The summed E-state index contributed by atoms with van der Waals surface area (Å²) in [6.07, 6.45) is 4.09. The van der Waals surface area contributed by atoms with Crippen molar-refractivity contribution in [2.75, 3.05) is 0 Å². The highest BCUT2D eigenvalue weighted by Crippen LogP contribution is 2.28. The van der Waals surface area contributed by atoms with Crippen LogP contribution < -0.4 is 11.5 Å². The predicted octanol–water partition coefficient (Wildman–Crippen LogP) is 2.93. The van der Waals surface area contributed by atoms with Crippen LogP contribution >= 0.6 is 0 Å². The van der Waals surface area contributed by atoms with Gasteiger partial charge in [-0.3, -0.25) is 4.79 Å². The number of unbranched alkanes of at least 4 members (excludes halogenated alkanes) is 1. The van der Waals surface area contributed by atoms with E-state index in [1.54, 1.807) is 0 Å². The van der Waals surface area contributed by atoms with Gasteiger partial charge in [0.2, 0.25) is 5.91 Å². The number of nitrogens with two attached hydrogens (primary N) is 2. The molecule has 0 aliphatic carbocycles. The van der Waals surface area contributed by atoms with Crippen LogP contribution in [0.15, 0.2) is 24.3 Å². The molecular formula is C16H26N2O. The van der Waals surface area contributed by atoms with E-state index in [1.807, 2.05) is 13.8 Å². The number of rotatable bonds is 7. The van der Waals surface area contributed by atoms with Gasteiger partial charge >= 0.3 is 0 Å². The second-order valence-corrected chi connectivity index (χ2v) is 5.90. The number of amides is 1. The number of carbonyl (C=O) groups excluding carboxylic acids is 1. The molecule has 0 bridgehead atoms. The van der Waals surface area contributed by atoms with Gasteiger partial charge in [0.1, 0.15) is 0 Å². The lowest BCUT2D eigenvalue weighted by Gasteiger charge is -2.24. The lowest BCUT2D eigenvalue weighted by molar-refractivity contribution is -0.126. The van der Waals surface area contributed by atoms with Gasteiger partial charge in [-0.05, 0) is 30.4 Å². The van der Waals surface area contributed by atoms with Crippen molar-refractivity contribution in [2.24, 2.45) is 16.9 Å². The maximum Gasteiger partial charge on any atom is 0.223 e. The van der Waals surface area contributed by atoms with Crippen molar-refractivity contribution in [3.05, 3.63) is 35.4 Å². The van der Waals surface area contributed by atoms with E-state index in [4.69, 9.17) is 11.5 Å². The molecular weight excluding hydrogens is 236 g/mol. The molecule has 0 saturated carbocycles. The fourth-order valence-corrected chi connectivity index (χ4v) is 2.08. The minimum absolute atomic E-state index is 0.150. The Labute approximate surface area is 116 Å². The fourth-order valence-electron chi connectivity index (χ4n) is 2.08. The van der Waals surface area contributed by atoms with Gasteiger partial charge < -0.3 is 11.5 Å². The average molecular weight is 262 g/mol. The van der Waals surface area contributed by atoms with Crippen LogP contribution in [-0.2, 0) is 11.2 Å². The molecule has 19 heavy (non-hydrogen) atoms. The average Bonchev–Trinajstić information content (AvgIpc) is 2.36. The number of carbonyl (C=O) groups is 1. The summed E-state index contributed by atoms with van der Waals surface area (Å²) in [4.78, 5) is 11.3. The van der Waals surface area contributed by atoms with E-state index in [9.17, 15) is 4.79 Å². The fraction of sp³-hybridized carbons (Fsp3) is 0.562. The lowest BCUT2D eigenvalue weighted by Crippen LogP contribution is -2.34. The van der Waals surface area contributed by atoms with Gasteiger partial charge in [-0.2, -0.15) is 0 Å². The Kier molecular flexibility index (Phi) is 5.55. The van der Waals surface area contributed by atoms with Crippen molar-refractivity contribution in [3.63, 3.8) is 0 Å². The standard InChI is InChI=1S/C16H26N2O/c1-4-5-6-12-7-9-13(10-8-12)14(17)11-16(2,3)15(18)19/h7-10,14H,4-6,11,17H2,1-3H3,(H2,18,19). The predicted molar refractivity (Wildman–Crippen MR) is 79.6 cm³/mol. The molecule has 0 heterocycles. The van der Waals surface area contributed by atoms with E-state index in [0.29, 0.717) is 6.42 Å². The summed E-state index contributed by atoms with van der Waals surface area (Å²) < 4.78 is 0. The van der Waals surface area contributed by atoms with Crippen molar-refractivity contribution in [1.29, 1.82) is 0 Å².